The van der Waals surface area contributed by atoms with Crippen LogP contribution in [0.4, 0.5) is 10.5 Å². The molecule has 2 aromatic rings. The van der Waals surface area contributed by atoms with Crippen molar-refractivity contribution in [2.24, 2.45) is 0 Å². The highest BCUT2D eigenvalue weighted by Crippen LogP contribution is 2.19. The van der Waals surface area contributed by atoms with Gasteiger partial charge < -0.3 is 14.8 Å². The number of carbonyl (C=O) groups excluding carboxylic acids is 2. The minimum Gasteiger partial charge on any atom is -0.497 e. The highest BCUT2D eigenvalue weighted by Gasteiger charge is 2.15. The number of esters is 1. The van der Waals surface area contributed by atoms with E-state index in [9.17, 15) is 9.59 Å². The van der Waals surface area contributed by atoms with E-state index in [-0.39, 0.29) is 19.2 Å². The van der Waals surface area contributed by atoms with Crippen molar-refractivity contribution in [3.63, 3.8) is 0 Å². The maximum absolute atomic E-state index is 12.6. The van der Waals surface area contributed by atoms with Crippen molar-refractivity contribution in [2.75, 3.05) is 31.7 Å². The molecule has 27 heavy (non-hydrogen) atoms. The van der Waals surface area contributed by atoms with Crippen molar-refractivity contribution in [3.05, 3.63) is 66.2 Å². The van der Waals surface area contributed by atoms with Gasteiger partial charge in [-0.1, -0.05) is 42.5 Å². The van der Waals surface area contributed by atoms with Crippen LogP contribution < -0.4 is 15.0 Å². The van der Waals surface area contributed by atoms with Gasteiger partial charge in [-0.2, -0.15) is 0 Å². The van der Waals surface area contributed by atoms with E-state index in [2.05, 4.69) is 5.32 Å². The minimum absolute atomic E-state index is 0.179. The molecule has 0 aromatic heterocycles. The fourth-order valence-electron chi connectivity index (χ4n) is 2.38. The topological polar surface area (TPSA) is 67.9 Å². The number of nitrogens with zero attached hydrogens (tertiary/aromatic N) is 1. The van der Waals surface area contributed by atoms with Crippen molar-refractivity contribution in [1.29, 1.82) is 0 Å². The van der Waals surface area contributed by atoms with E-state index in [0.29, 0.717) is 18.0 Å². The van der Waals surface area contributed by atoms with Gasteiger partial charge in [-0.25, -0.2) is 4.79 Å². The Kier molecular flexibility index (Phi) is 7.91. The molecule has 6 nitrogen and oxygen atoms in total. The van der Waals surface area contributed by atoms with E-state index < -0.39 is 5.97 Å². The third-order valence-corrected chi connectivity index (χ3v) is 3.72. The first-order chi connectivity index (χ1) is 13.1. The summed E-state index contributed by atoms with van der Waals surface area (Å²) in [6.45, 7) is 2.16. The number of amides is 2. The molecular formula is C21H24N2O4. The van der Waals surface area contributed by atoms with Crippen LogP contribution in [0.15, 0.2) is 60.7 Å². The first kappa shape index (κ1) is 20.0. The highest BCUT2D eigenvalue weighted by atomic mass is 16.5. The molecule has 0 bridgehead atoms. The Hall–Kier alpha value is -3.28. The van der Waals surface area contributed by atoms with Crippen molar-refractivity contribution in [3.8, 4) is 5.75 Å². The van der Waals surface area contributed by atoms with Crippen LogP contribution in [0.1, 0.15) is 12.5 Å². The maximum atomic E-state index is 12.6. The summed E-state index contributed by atoms with van der Waals surface area (Å²) in [5.74, 6) is 0.228. The first-order valence-electron chi connectivity index (χ1n) is 8.70. The quantitative estimate of drug-likeness (QED) is 0.724. The van der Waals surface area contributed by atoms with Crippen molar-refractivity contribution < 1.29 is 19.1 Å². The summed E-state index contributed by atoms with van der Waals surface area (Å²) in [5.41, 5.74) is 1.73. The fourth-order valence-corrected chi connectivity index (χ4v) is 2.38. The molecule has 0 fully saturated rings. The van der Waals surface area contributed by atoms with E-state index in [0.717, 1.165) is 5.56 Å². The molecule has 1 N–H and O–H groups in total. The van der Waals surface area contributed by atoms with Crippen molar-refractivity contribution in [1.82, 2.24) is 5.32 Å². The monoisotopic (exact) mass is 368 g/mol. The average Bonchev–Trinajstić information content (AvgIpc) is 2.70. The van der Waals surface area contributed by atoms with Crippen LogP contribution in [0.3, 0.4) is 0 Å². The zero-order chi connectivity index (χ0) is 19.5. The molecule has 6 heteroatoms. The van der Waals surface area contributed by atoms with Gasteiger partial charge in [0.1, 0.15) is 12.3 Å². The molecular weight excluding hydrogens is 344 g/mol. The number of hydrogen-bond acceptors (Lipinski definition) is 4. The number of ether oxygens (including phenoxy) is 2. The molecule has 0 atom stereocenters. The number of methoxy groups -OCH3 is 1. The fraction of sp³-hybridized carbons (Fsp3) is 0.238. The van der Waals surface area contributed by atoms with Gasteiger partial charge in [-0.05, 0) is 36.8 Å². The van der Waals surface area contributed by atoms with Crippen LogP contribution in [0.5, 0.6) is 5.75 Å². The second kappa shape index (κ2) is 10.7. The van der Waals surface area contributed by atoms with Gasteiger partial charge in [0, 0.05) is 12.2 Å². The maximum Gasteiger partial charge on any atom is 0.325 e. The Balaban J connectivity index is 2.10. The van der Waals surface area contributed by atoms with Gasteiger partial charge in [0.15, 0.2) is 0 Å². The average molecular weight is 368 g/mol. The first-order valence-corrected chi connectivity index (χ1v) is 8.70. The third kappa shape index (κ3) is 6.51. The van der Waals surface area contributed by atoms with Gasteiger partial charge >= 0.3 is 12.0 Å². The Morgan fingerprint density at radius 1 is 1.07 bits per heavy atom. The van der Waals surface area contributed by atoms with E-state index in [1.165, 1.54) is 4.90 Å². The minimum atomic E-state index is -0.472. The lowest BCUT2D eigenvalue weighted by Gasteiger charge is -2.22. The molecule has 2 aromatic carbocycles. The summed E-state index contributed by atoms with van der Waals surface area (Å²) < 4.78 is 10.0. The highest BCUT2D eigenvalue weighted by molar-refractivity contribution is 5.94. The van der Waals surface area contributed by atoms with Gasteiger partial charge in [-0.15, -0.1) is 0 Å². The lowest BCUT2D eigenvalue weighted by atomic mass is 10.2. The molecule has 2 amide bonds. The summed E-state index contributed by atoms with van der Waals surface area (Å²) in [5, 5.41) is 2.59. The number of urea groups is 1. The molecule has 0 unspecified atom stereocenters. The number of rotatable bonds is 8. The van der Waals surface area contributed by atoms with Gasteiger partial charge in [-0.3, -0.25) is 9.69 Å². The van der Waals surface area contributed by atoms with Gasteiger partial charge in [0.2, 0.25) is 0 Å². The Labute approximate surface area is 159 Å². The van der Waals surface area contributed by atoms with Crippen LogP contribution in [0, 0.1) is 0 Å². The van der Waals surface area contributed by atoms with E-state index in [1.807, 2.05) is 42.5 Å². The smallest absolute Gasteiger partial charge is 0.325 e. The zero-order valence-electron chi connectivity index (χ0n) is 15.6. The molecule has 2 rings (SSSR count). The zero-order valence-corrected chi connectivity index (χ0v) is 15.6. The van der Waals surface area contributed by atoms with Gasteiger partial charge in [0.05, 0.1) is 13.7 Å². The predicted molar refractivity (Wildman–Crippen MR) is 106 cm³/mol. The Morgan fingerprint density at radius 3 is 2.41 bits per heavy atom. The largest absolute Gasteiger partial charge is 0.497 e. The summed E-state index contributed by atoms with van der Waals surface area (Å²) in [4.78, 5) is 25.6. The molecule has 0 saturated carbocycles. The molecule has 0 heterocycles. The molecule has 0 aliphatic heterocycles. The Morgan fingerprint density at radius 2 is 1.78 bits per heavy atom. The SMILES string of the molecule is CCOC(=O)CNC(=O)N(C/C=C/c1ccccc1)c1ccc(OC)cc1. The molecule has 0 aliphatic rings. The predicted octanol–water partition coefficient (Wildman–Crippen LogP) is 3.49. The van der Waals surface area contributed by atoms with E-state index >= 15 is 0 Å². The number of hydrogen-bond donors (Lipinski definition) is 1. The molecule has 142 valence electrons. The van der Waals surface area contributed by atoms with Crippen LogP contribution >= 0.6 is 0 Å². The number of nitrogens with one attached hydrogen (secondary N) is 1. The summed E-state index contributed by atoms with van der Waals surface area (Å²) in [6, 6.07) is 16.6. The van der Waals surface area contributed by atoms with E-state index in [1.54, 1.807) is 38.3 Å². The number of benzene rings is 2. The molecule has 0 radical (unpaired) electrons. The standard InChI is InChI=1S/C21H24N2O4/c1-3-27-20(24)16-22-21(25)23(18-11-13-19(26-2)14-12-18)15-7-10-17-8-5-4-6-9-17/h4-14H,3,15-16H2,1-2H3,(H,22,25)/b10-7+. The number of carbonyl (C=O) groups is 2. The molecule has 0 spiro atoms. The lowest BCUT2D eigenvalue weighted by Crippen LogP contribution is -2.42. The lowest BCUT2D eigenvalue weighted by molar-refractivity contribution is -0.141. The second-order valence-corrected chi connectivity index (χ2v) is 5.59. The summed E-state index contributed by atoms with van der Waals surface area (Å²) in [7, 11) is 1.58. The number of anilines is 1. The normalized spacial score (nSPS) is 10.4. The summed E-state index contributed by atoms with van der Waals surface area (Å²) in [6.07, 6.45) is 3.83. The van der Waals surface area contributed by atoms with E-state index in [4.69, 9.17) is 9.47 Å². The van der Waals surface area contributed by atoms with Crippen LogP contribution in [0.2, 0.25) is 0 Å². The second-order valence-electron chi connectivity index (χ2n) is 5.59. The van der Waals surface area contributed by atoms with Crippen molar-refractivity contribution in [2.45, 2.75) is 6.92 Å². The molecule has 0 aliphatic carbocycles. The third-order valence-electron chi connectivity index (χ3n) is 3.72. The van der Waals surface area contributed by atoms with Crippen LogP contribution in [-0.2, 0) is 9.53 Å². The molecule has 0 saturated heterocycles. The van der Waals surface area contributed by atoms with Crippen LogP contribution in [-0.4, -0.2) is 38.8 Å². The Bertz CT molecular complexity index is 758. The van der Waals surface area contributed by atoms with Crippen LogP contribution in [0.25, 0.3) is 6.08 Å². The summed E-state index contributed by atoms with van der Waals surface area (Å²) >= 11 is 0. The van der Waals surface area contributed by atoms with Gasteiger partial charge in [0.25, 0.3) is 0 Å². The van der Waals surface area contributed by atoms with Crippen molar-refractivity contribution >= 4 is 23.8 Å².